The highest BCUT2D eigenvalue weighted by molar-refractivity contribution is 7.99. The molecule has 0 radical (unpaired) electrons. The number of aryl methyl sites for hydroxylation is 1. The van der Waals surface area contributed by atoms with Gasteiger partial charge in [0.15, 0.2) is 0 Å². The third kappa shape index (κ3) is 3.00. The number of carbonyl (C=O) groups is 1. The topological polar surface area (TPSA) is 96.5 Å². The highest BCUT2D eigenvalue weighted by atomic mass is 32.2. The maximum absolute atomic E-state index is 11.4. The zero-order valence-corrected chi connectivity index (χ0v) is 9.93. The SMILES string of the molecule is Cc1nc(SCC(=O)Nc2nncs2)n[nH]1. The first-order valence-electron chi connectivity index (χ1n) is 4.32. The summed E-state index contributed by atoms with van der Waals surface area (Å²) >= 11 is 2.54. The van der Waals surface area contributed by atoms with Crippen LogP contribution in [0.15, 0.2) is 10.7 Å². The van der Waals surface area contributed by atoms with Crippen LogP contribution in [0.25, 0.3) is 0 Å². The van der Waals surface area contributed by atoms with Crippen LogP contribution >= 0.6 is 23.1 Å². The largest absolute Gasteiger partial charge is 0.300 e. The molecule has 0 aliphatic heterocycles. The normalized spacial score (nSPS) is 10.3. The first-order valence-corrected chi connectivity index (χ1v) is 6.18. The predicted molar refractivity (Wildman–Crippen MR) is 60.4 cm³/mol. The third-order valence-electron chi connectivity index (χ3n) is 1.52. The second-order valence-electron chi connectivity index (χ2n) is 2.78. The first kappa shape index (κ1) is 11.0. The number of hydrogen-bond donors (Lipinski definition) is 2. The lowest BCUT2D eigenvalue weighted by Crippen LogP contribution is -2.13. The monoisotopic (exact) mass is 256 g/mol. The molecule has 2 heterocycles. The van der Waals surface area contributed by atoms with E-state index >= 15 is 0 Å². The molecule has 2 aromatic heterocycles. The van der Waals surface area contributed by atoms with E-state index in [0.717, 1.165) is 5.82 Å². The Balaban J connectivity index is 1.80. The molecule has 2 aromatic rings. The van der Waals surface area contributed by atoms with Crippen molar-refractivity contribution in [3.63, 3.8) is 0 Å². The van der Waals surface area contributed by atoms with Crippen LogP contribution in [0.5, 0.6) is 0 Å². The molecule has 9 heteroatoms. The Bertz CT molecular complexity index is 467. The van der Waals surface area contributed by atoms with Gasteiger partial charge in [-0.15, -0.1) is 15.3 Å². The lowest BCUT2D eigenvalue weighted by molar-refractivity contribution is -0.113. The van der Waals surface area contributed by atoms with Crippen LogP contribution in [-0.2, 0) is 4.79 Å². The highest BCUT2D eigenvalue weighted by Crippen LogP contribution is 2.13. The minimum atomic E-state index is -0.149. The number of rotatable bonds is 4. The number of nitrogens with zero attached hydrogens (tertiary/aromatic N) is 4. The van der Waals surface area contributed by atoms with Gasteiger partial charge in [0.2, 0.25) is 16.2 Å². The van der Waals surface area contributed by atoms with Gasteiger partial charge in [-0.2, -0.15) is 0 Å². The molecule has 1 amide bonds. The molecule has 7 nitrogen and oxygen atoms in total. The highest BCUT2D eigenvalue weighted by Gasteiger charge is 2.07. The molecule has 0 saturated heterocycles. The van der Waals surface area contributed by atoms with Crippen molar-refractivity contribution in [3.8, 4) is 0 Å². The van der Waals surface area contributed by atoms with E-state index in [1.807, 2.05) is 0 Å². The van der Waals surface area contributed by atoms with Gasteiger partial charge in [-0.3, -0.25) is 15.2 Å². The van der Waals surface area contributed by atoms with Gasteiger partial charge in [-0.05, 0) is 6.92 Å². The number of aromatic nitrogens is 5. The molecule has 0 aliphatic carbocycles. The van der Waals surface area contributed by atoms with Crippen molar-refractivity contribution in [1.29, 1.82) is 0 Å². The summed E-state index contributed by atoms with van der Waals surface area (Å²) in [6.45, 7) is 1.80. The second kappa shape index (κ2) is 5.03. The van der Waals surface area contributed by atoms with Gasteiger partial charge in [-0.25, -0.2) is 4.98 Å². The molecule has 0 bridgehead atoms. The van der Waals surface area contributed by atoms with Gasteiger partial charge in [0.05, 0.1) is 5.75 Å². The van der Waals surface area contributed by atoms with Gasteiger partial charge in [0, 0.05) is 0 Å². The molecule has 2 N–H and O–H groups in total. The number of nitrogens with one attached hydrogen (secondary N) is 2. The standard InChI is InChI=1S/C7H8N6OS2/c1-4-9-6(13-11-4)15-2-5(14)10-7-12-8-3-16-7/h3H,2H2,1H3,(H,9,11,13)(H,10,12,14). The summed E-state index contributed by atoms with van der Waals surface area (Å²) in [5.41, 5.74) is 1.56. The number of thioether (sulfide) groups is 1. The Morgan fingerprint density at radius 2 is 2.56 bits per heavy atom. The Morgan fingerprint density at radius 3 is 3.19 bits per heavy atom. The molecule has 2 rings (SSSR count). The fourth-order valence-electron chi connectivity index (χ4n) is 0.900. The number of aromatic amines is 1. The molecule has 16 heavy (non-hydrogen) atoms. The van der Waals surface area contributed by atoms with Crippen molar-refractivity contribution in [2.75, 3.05) is 11.1 Å². The second-order valence-corrected chi connectivity index (χ2v) is 4.56. The van der Waals surface area contributed by atoms with E-state index in [1.165, 1.54) is 23.1 Å². The van der Waals surface area contributed by atoms with Crippen LogP contribution in [0.3, 0.4) is 0 Å². The lowest BCUT2D eigenvalue weighted by Gasteiger charge is -1.97. The van der Waals surface area contributed by atoms with Crippen LogP contribution in [0.4, 0.5) is 5.13 Å². The van der Waals surface area contributed by atoms with E-state index in [4.69, 9.17) is 0 Å². The summed E-state index contributed by atoms with van der Waals surface area (Å²) in [5.74, 6) is 0.827. The van der Waals surface area contributed by atoms with Crippen LogP contribution in [0, 0.1) is 6.92 Å². The van der Waals surface area contributed by atoms with E-state index in [0.29, 0.717) is 10.3 Å². The van der Waals surface area contributed by atoms with Crippen molar-refractivity contribution in [2.45, 2.75) is 12.1 Å². The van der Waals surface area contributed by atoms with Gasteiger partial charge in [0.1, 0.15) is 11.3 Å². The molecule has 0 unspecified atom stereocenters. The molecule has 0 atom stereocenters. The summed E-state index contributed by atoms with van der Waals surface area (Å²) in [7, 11) is 0. The quantitative estimate of drug-likeness (QED) is 0.781. The fourth-order valence-corrected chi connectivity index (χ4v) is 2.00. The fraction of sp³-hybridized carbons (Fsp3) is 0.286. The Hall–Kier alpha value is -1.48. The van der Waals surface area contributed by atoms with Crippen LogP contribution < -0.4 is 5.32 Å². The van der Waals surface area contributed by atoms with Gasteiger partial charge in [0.25, 0.3) is 0 Å². The van der Waals surface area contributed by atoms with Crippen molar-refractivity contribution >= 4 is 34.1 Å². The Labute approximate surface area is 99.1 Å². The predicted octanol–water partition coefficient (Wildman–Crippen LogP) is 0.695. The summed E-state index contributed by atoms with van der Waals surface area (Å²) < 4.78 is 0. The molecular formula is C7H8N6OS2. The summed E-state index contributed by atoms with van der Waals surface area (Å²) in [6, 6.07) is 0. The Kier molecular flexibility index (Phi) is 3.47. The smallest absolute Gasteiger partial charge is 0.236 e. The van der Waals surface area contributed by atoms with Crippen LogP contribution in [-0.4, -0.2) is 37.0 Å². The molecule has 0 aliphatic rings. The minimum absolute atomic E-state index is 0.149. The maximum atomic E-state index is 11.4. The molecule has 0 spiro atoms. The van der Waals surface area contributed by atoms with E-state index in [2.05, 4.69) is 30.7 Å². The van der Waals surface area contributed by atoms with Gasteiger partial charge >= 0.3 is 0 Å². The average molecular weight is 256 g/mol. The number of amides is 1. The molecule has 0 fully saturated rings. The average Bonchev–Trinajstić information content (AvgIpc) is 2.87. The third-order valence-corrected chi connectivity index (χ3v) is 2.97. The minimum Gasteiger partial charge on any atom is -0.300 e. The van der Waals surface area contributed by atoms with E-state index in [9.17, 15) is 4.79 Å². The van der Waals surface area contributed by atoms with Crippen molar-refractivity contribution in [3.05, 3.63) is 11.3 Å². The zero-order chi connectivity index (χ0) is 11.4. The molecule has 84 valence electrons. The number of H-pyrrole nitrogens is 1. The summed E-state index contributed by atoms with van der Waals surface area (Å²) in [4.78, 5) is 15.5. The first-order chi connectivity index (χ1) is 7.74. The number of anilines is 1. The van der Waals surface area contributed by atoms with Gasteiger partial charge in [-0.1, -0.05) is 23.1 Å². The molecule has 0 saturated carbocycles. The zero-order valence-electron chi connectivity index (χ0n) is 8.30. The van der Waals surface area contributed by atoms with E-state index < -0.39 is 0 Å². The van der Waals surface area contributed by atoms with Crippen molar-refractivity contribution in [1.82, 2.24) is 25.4 Å². The van der Waals surface area contributed by atoms with Crippen LogP contribution in [0.2, 0.25) is 0 Å². The summed E-state index contributed by atoms with van der Waals surface area (Å²) in [6.07, 6.45) is 0. The van der Waals surface area contributed by atoms with Gasteiger partial charge < -0.3 is 0 Å². The molecule has 0 aromatic carbocycles. The van der Waals surface area contributed by atoms with E-state index in [-0.39, 0.29) is 11.7 Å². The van der Waals surface area contributed by atoms with Crippen LogP contribution in [0.1, 0.15) is 5.82 Å². The Morgan fingerprint density at radius 1 is 1.69 bits per heavy atom. The summed E-state index contributed by atoms with van der Waals surface area (Å²) in [5, 5.41) is 17.6. The maximum Gasteiger partial charge on any atom is 0.236 e. The van der Waals surface area contributed by atoms with Crippen molar-refractivity contribution in [2.24, 2.45) is 0 Å². The van der Waals surface area contributed by atoms with Crippen molar-refractivity contribution < 1.29 is 4.79 Å². The number of hydrogen-bond acceptors (Lipinski definition) is 7. The van der Waals surface area contributed by atoms with E-state index in [1.54, 1.807) is 12.4 Å². The number of carbonyl (C=O) groups excluding carboxylic acids is 1. The molecular weight excluding hydrogens is 248 g/mol. The lowest BCUT2D eigenvalue weighted by atomic mass is 10.7.